The number of nitrogens with one attached hydrogen (secondary N) is 1. The summed E-state index contributed by atoms with van der Waals surface area (Å²) in [6.07, 6.45) is 19.1. The molecule has 0 unspecified atom stereocenters. The number of fused-ring (bicyclic) bond motifs is 1. The number of aromatic amines is 1. The number of hydrogen-bond donors (Lipinski definition) is 2. The maximum absolute atomic E-state index is 13.6. The van der Waals surface area contributed by atoms with E-state index in [4.69, 9.17) is 0 Å². The Labute approximate surface area is 284 Å². The lowest BCUT2D eigenvalue weighted by molar-refractivity contribution is 0.0689. The maximum Gasteiger partial charge on any atom is 0.354 e. The van der Waals surface area contributed by atoms with Crippen LogP contribution in [-0.4, -0.2) is 27.4 Å². The van der Waals surface area contributed by atoms with Crippen LogP contribution in [0.15, 0.2) is 101 Å². The number of carboxylic acids is 1. The number of benzene rings is 3. The van der Waals surface area contributed by atoms with E-state index in [1.165, 1.54) is 65.7 Å². The van der Waals surface area contributed by atoms with E-state index in [1.807, 2.05) is 31.2 Å². The van der Waals surface area contributed by atoms with E-state index in [1.54, 1.807) is 12.1 Å². The van der Waals surface area contributed by atoms with E-state index >= 15 is 0 Å². The zero-order chi connectivity index (χ0) is 33.5. The van der Waals surface area contributed by atoms with Gasteiger partial charge < -0.3 is 10.0 Å². The van der Waals surface area contributed by atoms with E-state index in [-0.39, 0.29) is 16.8 Å². The summed E-state index contributed by atoms with van der Waals surface area (Å²) >= 11 is 0. The third-order valence-corrected chi connectivity index (χ3v) is 9.80. The van der Waals surface area contributed by atoms with Gasteiger partial charge in [0.25, 0.3) is 5.56 Å². The molecule has 0 bridgehead atoms. The third-order valence-electron chi connectivity index (χ3n) is 9.80. The van der Waals surface area contributed by atoms with Crippen molar-refractivity contribution in [2.24, 2.45) is 0 Å². The number of H-pyrrole nitrogens is 1. The molecule has 6 heteroatoms. The first-order valence-corrected chi connectivity index (χ1v) is 17.7. The molecule has 6 nitrogen and oxygen atoms in total. The summed E-state index contributed by atoms with van der Waals surface area (Å²) in [6, 6.07) is 25.0. The predicted molar refractivity (Wildman–Crippen MR) is 198 cm³/mol. The Morgan fingerprint density at radius 1 is 0.896 bits per heavy atom. The van der Waals surface area contributed by atoms with Crippen molar-refractivity contribution in [2.45, 2.75) is 84.5 Å². The summed E-state index contributed by atoms with van der Waals surface area (Å²) in [5.74, 6) is -1.15. The highest BCUT2D eigenvalue weighted by molar-refractivity contribution is 5.95. The van der Waals surface area contributed by atoms with Gasteiger partial charge in [0.15, 0.2) is 5.69 Å². The lowest BCUT2D eigenvalue weighted by Gasteiger charge is -2.31. The molecule has 0 saturated carbocycles. The van der Waals surface area contributed by atoms with Crippen LogP contribution in [0.4, 0.5) is 11.4 Å². The van der Waals surface area contributed by atoms with Gasteiger partial charge in [0.1, 0.15) is 0 Å². The molecule has 0 fully saturated rings. The van der Waals surface area contributed by atoms with Gasteiger partial charge >= 0.3 is 5.97 Å². The number of unbranched alkanes of at least 4 members (excludes halogenated alkanes) is 5. The minimum atomic E-state index is -1.15. The van der Waals surface area contributed by atoms with Gasteiger partial charge in [0.05, 0.1) is 11.3 Å². The fourth-order valence-electron chi connectivity index (χ4n) is 7.12. The Morgan fingerprint density at radius 3 is 2.44 bits per heavy atom. The van der Waals surface area contributed by atoms with E-state index in [0.29, 0.717) is 11.3 Å². The molecule has 6 rings (SSSR count). The number of hydrogen-bond acceptors (Lipinski definition) is 3. The summed E-state index contributed by atoms with van der Waals surface area (Å²) in [7, 11) is 0. The second kappa shape index (κ2) is 15.4. The molecule has 248 valence electrons. The van der Waals surface area contributed by atoms with Gasteiger partial charge in [-0.25, -0.2) is 9.48 Å². The minimum absolute atomic E-state index is 0.0913. The third kappa shape index (κ3) is 7.33. The highest BCUT2D eigenvalue weighted by atomic mass is 16.4. The SMILES string of the molecule is CCCCCCCCc1ccc(N2CCCc3cc(/C=C/C4=C(C)C(c5c(C(=O)O)[nH]n(-c6ccccc6)c5=O)=CCC4)ccc32)cc1. The molecule has 1 aliphatic heterocycles. The first-order chi connectivity index (χ1) is 23.4. The molecular formula is C42H47N3O3. The van der Waals surface area contributed by atoms with Crippen molar-refractivity contribution < 1.29 is 9.90 Å². The normalized spacial score (nSPS) is 14.8. The number of anilines is 2. The first kappa shape index (κ1) is 33.1. The van der Waals surface area contributed by atoms with Gasteiger partial charge in [0, 0.05) is 17.9 Å². The highest BCUT2D eigenvalue weighted by Crippen LogP contribution is 2.36. The molecule has 1 aliphatic carbocycles. The number of carbonyl (C=O) groups is 1. The summed E-state index contributed by atoms with van der Waals surface area (Å²) in [5, 5.41) is 12.8. The summed E-state index contributed by atoms with van der Waals surface area (Å²) in [5.41, 5.74) is 9.54. The highest BCUT2D eigenvalue weighted by Gasteiger charge is 2.26. The lowest BCUT2D eigenvalue weighted by atomic mass is 9.87. The van der Waals surface area contributed by atoms with Gasteiger partial charge in [-0.05, 0) is 115 Å². The van der Waals surface area contributed by atoms with Gasteiger partial charge in [-0.15, -0.1) is 0 Å². The van der Waals surface area contributed by atoms with Crippen LogP contribution in [0.1, 0.15) is 104 Å². The van der Waals surface area contributed by atoms with Gasteiger partial charge in [0.2, 0.25) is 0 Å². The molecule has 3 aromatic carbocycles. The smallest absolute Gasteiger partial charge is 0.354 e. The van der Waals surface area contributed by atoms with Gasteiger partial charge in [-0.2, -0.15) is 0 Å². The van der Waals surface area contributed by atoms with Crippen LogP contribution < -0.4 is 10.5 Å². The van der Waals surface area contributed by atoms with Crippen molar-refractivity contribution in [3.05, 3.63) is 134 Å². The number of rotatable bonds is 13. The second-order valence-electron chi connectivity index (χ2n) is 13.1. The largest absolute Gasteiger partial charge is 0.477 e. The molecule has 2 N–H and O–H groups in total. The molecule has 4 aromatic rings. The molecule has 48 heavy (non-hydrogen) atoms. The maximum atomic E-state index is 13.6. The van der Waals surface area contributed by atoms with Crippen molar-refractivity contribution in [3.63, 3.8) is 0 Å². The monoisotopic (exact) mass is 641 g/mol. The number of para-hydroxylation sites is 1. The van der Waals surface area contributed by atoms with Crippen molar-refractivity contribution in [2.75, 3.05) is 11.4 Å². The van der Waals surface area contributed by atoms with Crippen LogP contribution in [0.3, 0.4) is 0 Å². The fourth-order valence-corrected chi connectivity index (χ4v) is 7.12. The number of carboxylic acid groups (broad SMARTS) is 1. The van der Waals surface area contributed by atoms with E-state index in [2.05, 4.69) is 71.5 Å². The van der Waals surface area contributed by atoms with Crippen LogP contribution in [0.2, 0.25) is 0 Å². The first-order valence-electron chi connectivity index (χ1n) is 17.7. The minimum Gasteiger partial charge on any atom is -0.477 e. The van der Waals surface area contributed by atoms with Crippen molar-refractivity contribution in [3.8, 4) is 5.69 Å². The standard InChI is InChI=1S/C42H47N3O3/c1-3-4-5-6-7-9-14-31-21-25-35(26-22-31)44-28-13-16-34-29-32(23-27-38(34)44)20-24-33-15-12-19-37(30(33)2)39-40(42(47)48)43-45(41(39)46)36-17-10-8-11-18-36/h8,10-11,17-27,29,43H,3-7,9,12-16,28H2,1-2H3,(H,47,48)/b24-20+. The number of aromatic carboxylic acids is 1. The molecule has 0 saturated heterocycles. The van der Waals surface area contributed by atoms with E-state index in [9.17, 15) is 14.7 Å². The molecule has 0 spiro atoms. The van der Waals surface area contributed by atoms with Crippen molar-refractivity contribution in [1.29, 1.82) is 0 Å². The van der Waals surface area contributed by atoms with Crippen LogP contribution in [0, 0.1) is 0 Å². The Bertz CT molecular complexity index is 1890. The van der Waals surface area contributed by atoms with Crippen LogP contribution in [-0.2, 0) is 12.8 Å². The fraction of sp³-hybridized carbons (Fsp3) is 0.333. The Balaban J connectivity index is 1.18. The number of aryl methyl sites for hydroxylation is 2. The van der Waals surface area contributed by atoms with Crippen LogP contribution in [0.25, 0.3) is 17.3 Å². The Kier molecular flexibility index (Phi) is 10.6. The average Bonchev–Trinajstić information content (AvgIpc) is 3.46. The zero-order valence-corrected chi connectivity index (χ0v) is 28.3. The van der Waals surface area contributed by atoms with Crippen LogP contribution in [0.5, 0.6) is 0 Å². The summed E-state index contributed by atoms with van der Waals surface area (Å²) in [4.78, 5) is 28.3. The summed E-state index contributed by atoms with van der Waals surface area (Å²) in [6.45, 7) is 5.27. The average molecular weight is 642 g/mol. The topological polar surface area (TPSA) is 78.3 Å². The molecule has 1 aromatic heterocycles. The van der Waals surface area contributed by atoms with Crippen molar-refractivity contribution in [1.82, 2.24) is 9.78 Å². The number of nitrogens with zero attached hydrogens (tertiary/aromatic N) is 2. The molecule has 0 radical (unpaired) electrons. The van der Waals surface area contributed by atoms with Crippen molar-refractivity contribution >= 4 is 29.0 Å². The molecular weight excluding hydrogens is 594 g/mol. The van der Waals surface area contributed by atoms with Crippen LogP contribution >= 0.6 is 0 Å². The number of aromatic nitrogens is 2. The van der Waals surface area contributed by atoms with E-state index < -0.39 is 5.97 Å². The predicted octanol–water partition coefficient (Wildman–Crippen LogP) is 10.1. The van der Waals surface area contributed by atoms with Gasteiger partial charge in [-0.1, -0.05) is 93.7 Å². The zero-order valence-electron chi connectivity index (χ0n) is 28.3. The molecule has 0 amide bonds. The number of allylic oxidation sites excluding steroid dienone is 5. The quantitative estimate of drug-likeness (QED) is 0.142. The van der Waals surface area contributed by atoms with Gasteiger partial charge in [-0.3, -0.25) is 9.89 Å². The summed E-state index contributed by atoms with van der Waals surface area (Å²) < 4.78 is 1.32. The van der Waals surface area contributed by atoms with E-state index in [0.717, 1.165) is 55.4 Å². The Morgan fingerprint density at radius 2 is 1.67 bits per heavy atom. The lowest BCUT2D eigenvalue weighted by Crippen LogP contribution is -2.24. The molecule has 0 atom stereocenters. The molecule has 2 aliphatic rings. The second-order valence-corrected chi connectivity index (χ2v) is 13.1. The molecule has 2 heterocycles. The Hall–Kier alpha value is -4.84.